The predicted molar refractivity (Wildman–Crippen MR) is 114 cm³/mol. The fraction of sp³-hybridized carbons (Fsp3) is 0.476. The van der Waals surface area contributed by atoms with E-state index in [1.807, 2.05) is 0 Å². The Morgan fingerprint density at radius 3 is 2.79 bits per heavy atom. The Bertz CT molecular complexity index is 949. The number of unbranched alkanes of at least 4 members (excludes halogenated alkanes) is 3. The smallest absolute Gasteiger partial charge is 0.233 e. The van der Waals surface area contributed by atoms with E-state index in [0.717, 1.165) is 72.7 Å². The summed E-state index contributed by atoms with van der Waals surface area (Å²) >= 11 is 0. The number of nitrogen functional groups attached to an aromatic ring is 1. The van der Waals surface area contributed by atoms with Crippen LogP contribution in [0.1, 0.15) is 50.4 Å². The van der Waals surface area contributed by atoms with Gasteiger partial charge >= 0.3 is 0 Å². The van der Waals surface area contributed by atoms with Crippen LogP contribution in [0.3, 0.4) is 0 Å². The van der Waals surface area contributed by atoms with Gasteiger partial charge in [0.1, 0.15) is 22.7 Å². The lowest BCUT2D eigenvalue weighted by Crippen LogP contribution is -2.30. The molecule has 7 nitrogen and oxygen atoms in total. The van der Waals surface area contributed by atoms with E-state index >= 15 is 0 Å². The van der Waals surface area contributed by atoms with Gasteiger partial charge in [0.05, 0.1) is 12.1 Å². The first kappa shape index (κ1) is 20.1. The second-order valence-corrected chi connectivity index (χ2v) is 7.22. The molecule has 0 aliphatic heterocycles. The lowest BCUT2D eigenvalue weighted by Gasteiger charge is -2.06. The minimum atomic E-state index is -0.0966. The zero-order valence-electron chi connectivity index (χ0n) is 16.6. The largest absolute Gasteiger partial charge is 0.382 e. The number of nitrogens with zero attached hydrogens (tertiary/aromatic N) is 2. The molecule has 0 radical (unpaired) electrons. The van der Waals surface area contributed by atoms with E-state index in [1.54, 1.807) is 0 Å². The Morgan fingerprint density at radius 1 is 1.14 bits per heavy atom. The normalized spacial score (nSPS) is 11.4. The van der Waals surface area contributed by atoms with E-state index in [4.69, 9.17) is 16.5 Å². The minimum Gasteiger partial charge on any atom is -0.382 e. The number of fused-ring (bicyclic) bond motifs is 3. The molecule has 1 aromatic carbocycles. The molecule has 2 heterocycles. The molecular weight excluding hydrogens is 352 g/mol. The van der Waals surface area contributed by atoms with Crippen molar-refractivity contribution in [3.8, 4) is 0 Å². The van der Waals surface area contributed by atoms with Gasteiger partial charge in [-0.1, -0.05) is 31.9 Å². The van der Waals surface area contributed by atoms with E-state index in [-0.39, 0.29) is 12.5 Å². The Morgan fingerprint density at radius 2 is 2.00 bits per heavy atom. The molecule has 28 heavy (non-hydrogen) atoms. The number of imidazole rings is 1. The number of nitrogens with one attached hydrogen (secondary N) is 2. The Labute approximate surface area is 165 Å². The molecular formula is C21H30N6O. The molecule has 3 rings (SSSR count). The van der Waals surface area contributed by atoms with Crippen LogP contribution in [0.2, 0.25) is 0 Å². The third-order valence-electron chi connectivity index (χ3n) is 4.98. The van der Waals surface area contributed by atoms with E-state index in [0.29, 0.717) is 12.4 Å². The number of aromatic nitrogens is 3. The lowest BCUT2D eigenvalue weighted by atomic mass is 10.0. The SMILES string of the molecule is CCCCc1nc2c([nH]1)c(N)nc1cc(CCCCCNC(=O)CN)ccc12. The number of carbonyl (C=O) groups excluding carboxylic acids is 1. The molecule has 0 aliphatic rings. The zero-order valence-corrected chi connectivity index (χ0v) is 16.6. The van der Waals surface area contributed by atoms with Crippen LogP contribution < -0.4 is 16.8 Å². The highest BCUT2D eigenvalue weighted by molar-refractivity contribution is 6.06. The van der Waals surface area contributed by atoms with E-state index < -0.39 is 0 Å². The van der Waals surface area contributed by atoms with Crippen molar-refractivity contribution < 1.29 is 4.79 Å². The first-order valence-corrected chi connectivity index (χ1v) is 10.2. The average Bonchev–Trinajstić information content (AvgIpc) is 3.13. The third-order valence-corrected chi connectivity index (χ3v) is 4.98. The van der Waals surface area contributed by atoms with Crippen LogP contribution >= 0.6 is 0 Å². The maximum atomic E-state index is 11.1. The summed E-state index contributed by atoms with van der Waals surface area (Å²) in [4.78, 5) is 23.8. The quantitative estimate of drug-likeness (QED) is 0.402. The fourth-order valence-electron chi connectivity index (χ4n) is 3.41. The molecule has 0 aliphatic carbocycles. The van der Waals surface area contributed by atoms with Crippen molar-refractivity contribution in [1.82, 2.24) is 20.3 Å². The second-order valence-electron chi connectivity index (χ2n) is 7.22. The number of amides is 1. The van der Waals surface area contributed by atoms with Crippen molar-refractivity contribution >= 4 is 33.7 Å². The van der Waals surface area contributed by atoms with Crippen molar-refractivity contribution in [2.45, 2.75) is 51.9 Å². The Hall–Kier alpha value is -2.67. The number of aryl methyl sites for hydroxylation is 2. The molecule has 0 fully saturated rings. The van der Waals surface area contributed by atoms with E-state index in [2.05, 4.69) is 40.4 Å². The first-order valence-electron chi connectivity index (χ1n) is 10.2. The van der Waals surface area contributed by atoms with E-state index in [1.165, 1.54) is 5.56 Å². The van der Waals surface area contributed by atoms with Gasteiger partial charge in [-0.2, -0.15) is 0 Å². The van der Waals surface area contributed by atoms with Gasteiger partial charge in [0.25, 0.3) is 0 Å². The van der Waals surface area contributed by atoms with Crippen LogP contribution in [0.5, 0.6) is 0 Å². The molecule has 0 unspecified atom stereocenters. The molecule has 6 N–H and O–H groups in total. The maximum absolute atomic E-state index is 11.1. The number of anilines is 1. The highest BCUT2D eigenvalue weighted by atomic mass is 16.1. The van der Waals surface area contributed by atoms with E-state index in [9.17, 15) is 4.79 Å². The van der Waals surface area contributed by atoms with Crippen LogP contribution in [0.4, 0.5) is 5.82 Å². The Kier molecular flexibility index (Phi) is 6.81. The highest BCUT2D eigenvalue weighted by Gasteiger charge is 2.12. The summed E-state index contributed by atoms with van der Waals surface area (Å²) in [5.41, 5.74) is 15.3. The van der Waals surface area contributed by atoms with Crippen LogP contribution in [-0.4, -0.2) is 33.9 Å². The van der Waals surface area contributed by atoms with Crippen LogP contribution in [-0.2, 0) is 17.6 Å². The Balaban J connectivity index is 1.66. The first-order chi connectivity index (χ1) is 13.6. The predicted octanol–water partition coefficient (Wildman–Crippen LogP) is 2.82. The van der Waals surface area contributed by atoms with Crippen molar-refractivity contribution in [3.63, 3.8) is 0 Å². The molecule has 0 saturated carbocycles. The summed E-state index contributed by atoms with van der Waals surface area (Å²) in [5, 5.41) is 3.83. The number of aromatic amines is 1. The highest BCUT2D eigenvalue weighted by Crippen LogP contribution is 2.27. The summed E-state index contributed by atoms with van der Waals surface area (Å²) in [6, 6.07) is 6.36. The fourth-order valence-corrected chi connectivity index (χ4v) is 3.41. The van der Waals surface area contributed by atoms with Crippen LogP contribution in [0.25, 0.3) is 21.9 Å². The molecule has 2 aromatic heterocycles. The maximum Gasteiger partial charge on any atom is 0.233 e. The number of pyridine rings is 1. The van der Waals surface area contributed by atoms with Gasteiger partial charge in [0, 0.05) is 18.4 Å². The number of hydrogen-bond acceptors (Lipinski definition) is 5. The summed E-state index contributed by atoms with van der Waals surface area (Å²) in [5.74, 6) is 1.38. The molecule has 0 atom stereocenters. The van der Waals surface area contributed by atoms with Gasteiger partial charge < -0.3 is 21.8 Å². The van der Waals surface area contributed by atoms with Gasteiger partial charge in [-0.25, -0.2) is 9.97 Å². The molecule has 0 bridgehead atoms. The lowest BCUT2D eigenvalue weighted by molar-refractivity contribution is -0.119. The monoisotopic (exact) mass is 382 g/mol. The number of carbonyl (C=O) groups is 1. The minimum absolute atomic E-state index is 0.0522. The number of rotatable bonds is 10. The van der Waals surface area contributed by atoms with Gasteiger partial charge in [-0.05, 0) is 37.3 Å². The second kappa shape index (κ2) is 9.50. The number of H-pyrrole nitrogens is 1. The molecule has 1 amide bonds. The van der Waals surface area contributed by atoms with Crippen molar-refractivity contribution in [3.05, 3.63) is 29.6 Å². The van der Waals surface area contributed by atoms with Crippen molar-refractivity contribution in [1.29, 1.82) is 0 Å². The van der Waals surface area contributed by atoms with Crippen LogP contribution in [0, 0.1) is 0 Å². The summed E-state index contributed by atoms with van der Waals surface area (Å²) in [6.45, 7) is 2.91. The molecule has 3 aromatic rings. The molecule has 7 heteroatoms. The van der Waals surface area contributed by atoms with Gasteiger partial charge in [-0.15, -0.1) is 0 Å². The number of hydrogen-bond donors (Lipinski definition) is 4. The van der Waals surface area contributed by atoms with Gasteiger partial charge in [-0.3, -0.25) is 4.79 Å². The number of benzene rings is 1. The number of nitrogens with two attached hydrogens (primary N) is 2. The standard InChI is InChI=1S/C21H30N6O/c1-2-3-8-17-26-19-15-10-9-14(7-5-4-6-11-24-18(28)13-22)12-16(15)25-21(23)20(19)27-17/h9-10,12H,2-8,11,13,22H2,1H3,(H2,23,25)(H,24,28)(H,26,27). The third kappa shape index (κ3) is 4.78. The van der Waals surface area contributed by atoms with Gasteiger partial charge in [0.15, 0.2) is 0 Å². The topological polar surface area (TPSA) is 123 Å². The van der Waals surface area contributed by atoms with Crippen molar-refractivity contribution in [2.75, 3.05) is 18.8 Å². The summed E-state index contributed by atoms with van der Waals surface area (Å²) < 4.78 is 0. The summed E-state index contributed by atoms with van der Waals surface area (Å²) in [6.07, 6.45) is 7.21. The molecule has 0 spiro atoms. The average molecular weight is 383 g/mol. The van der Waals surface area contributed by atoms with Gasteiger partial charge in [0.2, 0.25) is 5.91 Å². The summed E-state index contributed by atoms with van der Waals surface area (Å²) in [7, 11) is 0. The molecule has 150 valence electrons. The van der Waals surface area contributed by atoms with Crippen molar-refractivity contribution in [2.24, 2.45) is 5.73 Å². The zero-order chi connectivity index (χ0) is 19.9. The van der Waals surface area contributed by atoms with Crippen LogP contribution in [0.15, 0.2) is 18.2 Å². The molecule has 0 saturated heterocycles.